The van der Waals surface area contributed by atoms with Crippen LogP contribution in [0.2, 0.25) is 0 Å². The van der Waals surface area contributed by atoms with Gasteiger partial charge in [-0.05, 0) is 78.9 Å². The summed E-state index contributed by atoms with van der Waals surface area (Å²) in [5, 5.41) is 9.17. The van der Waals surface area contributed by atoms with Crippen LogP contribution >= 0.6 is 0 Å². The third-order valence-corrected chi connectivity index (χ3v) is 6.64. The fourth-order valence-corrected chi connectivity index (χ4v) is 4.98. The van der Waals surface area contributed by atoms with Crippen molar-refractivity contribution in [3.8, 4) is 22.6 Å². The Balaban J connectivity index is 1.23. The zero-order valence-electron chi connectivity index (χ0n) is 20.2. The van der Waals surface area contributed by atoms with E-state index in [0.717, 1.165) is 33.6 Å². The molecule has 1 N–H and O–H groups in total. The highest BCUT2D eigenvalue weighted by molar-refractivity contribution is 5.88. The van der Waals surface area contributed by atoms with Crippen LogP contribution in [0, 0.1) is 13.8 Å². The van der Waals surface area contributed by atoms with Crippen molar-refractivity contribution in [1.29, 1.82) is 0 Å². The van der Waals surface area contributed by atoms with Gasteiger partial charge in [0.2, 0.25) is 0 Å². The molecule has 6 nitrogen and oxygen atoms in total. The number of carboxylic acids is 1. The lowest BCUT2D eigenvalue weighted by molar-refractivity contribution is 0.0691. The first kappa shape index (κ1) is 23.4. The van der Waals surface area contributed by atoms with E-state index >= 15 is 0 Å². The second kappa shape index (κ2) is 9.72. The highest BCUT2D eigenvalue weighted by atomic mass is 16.6. The Bertz CT molecular complexity index is 1230. The number of aromatic carboxylic acids is 1. The third-order valence-electron chi connectivity index (χ3n) is 6.64. The first-order chi connectivity index (χ1) is 17.0. The van der Waals surface area contributed by atoms with E-state index in [1.54, 1.807) is 12.1 Å². The van der Waals surface area contributed by atoms with Crippen molar-refractivity contribution in [2.24, 2.45) is 0 Å². The molecule has 0 radical (unpaired) electrons. The van der Waals surface area contributed by atoms with Crippen LogP contribution in [-0.4, -0.2) is 43.1 Å². The van der Waals surface area contributed by atoms with Gasteiger partial charge >= 0.3 is 5.97 Å². The molecule has 1 aliphatic carbocycles. The molecule has 2 aliphatic rings. The molecule has 1 fully saturated rings. The van der Waals surface area contributed by atoms with Crippen molar-refractivity contribution in [3.05, 3.63) is 82.4 Å². The van der Waals surface area contributed by atoms with E-state index in [1.165, 1.54) is 5.56 Å². The zero-order chi connectivity index (χ0) is 24.5. The van der Waals surface area contributed by atoms with E-state index in [0.29, 0.717) is 32.2 Å². The molecule has 3 unspecified atom stereocenters. The van der Waals surface area contributed by atoms with Gasteiger partial charge in [0.15, 0.2) is 0 Å². The van der Waals surface area contributed by atoms with E-state index in [-0.39, 0.29) is 23.7 Å². The van der Waals surface area contributed by atoms with Crippen LogP contribution in [0.15, 0.2) is 54.6 Å². The summed E-state index contributed by atoms with van der Waals surface area (Å²) in [6, 6.07) is 17.7. The molecular formula is C29H30O6. The molecule has 1 aliphatic heterocycles. The standard InChI is InChI=1S/C29H30O6/c1-4-32-10-11-33-22-12-17(2)25(18(3)13-22)20-7-5-6-19(14-20)16-34-27-26-23-9-8-21(29(30)31)15-24(23)35-28(26)27/h5-9,12-15,26-28H,4,10-11,16H2,1-3H3,(H,30,31). The summed E-state index contributed by atoms with van der Waals surface area (Å²) in [5.74, 6) is 0.756. The predicted molar refractivity (Wildman–Crippen MR) is 132 cm³/mol. The summed E-state index contributed by atoms with van der Waals surface area (Å²) in [6.07, 6.45) is -0.0320. The van der Waals surface area contributed by atoms with Gasteiger partial charge in [-0.15, -0.1) is 0 Å². The molecular weight excluding hydrogens is 444 g/mol. The number of carbonyl (C=O) groups is 1. The van der Waals surface area contributed by atoms with Gasteiger partial charge in [0.25, 0.3) is 0 Å². The number of carboxylic acid groups (broad SMARTS) is 1. The highest BCUT2D eigenvalue weighted by Gasteiger charge is 2.60. The molecule has 0 saturated heterocycles. The maximum atomic E-state index is 11.2. The summed E-state index contributed by atoms with van der Waals surface area (Å²) in [4.78, 5) is 11.2. The van der Waals surface area contributed by atoms with Gasteiger partial charge in [-0.25, -0.2) is 4.79 Å². The third kappa shape index (κ3) is 4.77. The van der Waals surface area contributed by atoms with Crippen LogP contribution in [0.25, 0.3) is 11.1 Å². The minimum atomic E-state index is -0.945. The zero-order valence-corrected chi connectivity index (χ0v) is 20.2. The normalized spacial score (nSPS) is 19.6. The van der Waals surface area contributed by atoms with E-state index in [9.17, 15) is 4.79 Å². The van der Waals surface area contributed by atoms with E-state index in [2.05, 4.69) is 50.2 Å². The first-order valence-corrected chi connectivity index (χ1v) is 12.0. The van der Waals surface area contributed by atoms with Crippen molar-refractivity contribution in [2.45, 2.75) is 45.5 Å². The van der Waals surface area contributed by atoms with Gasteiger partial charge in [-0.3, -0.25) is 0 Å². The molecule has 3 atom stereocenters. The smallest absolute Gasteiger partial charge is 0.335 e. The molecule has 0 amide bonds. The Kier molecular flexibility index (Phi) is 6.50. The molecule has 1 heterocycles. The topological polar surface area (TPSA) is 74.2 Å². The van der Waals surface area contributed by atoms with Crippen LogP contribution < -0.4 is 9.47 Å². The molecule has 0 aromatic heterocycles. The summed E-state index contributed by atoms with van der Waals surface area (Å²) in [7, 11) is 0. The average Bonchev–Trinajstić information content (AvgIpc) is 3.37. The maximum Gasteiger partial charge on any atom is 0.335 e. The number of rotatable bonds is 10. The average molecular weight is 475 g/mol. The van der Waals surface area contributed by atoms with Crippen molar-refractivity contribution >= 4 is 5.97 Å². The SMILES string of the molecule is CCOCCOc1cc(C)c(-c2cccc(COC3C4Oc5cc(C(=O)O)ccc5C34)c2)c(C)c1. The monoisotopic (exact) mass is 474 g/mol. The van der Waals surface area contributed by atoms with Crippen molar-refractivity contribution in [1.82, 2.24) is 0 Å². The second-order valence-electron chi connectivity index (χ2n) is 9.12. The predicted octanol–water partition coefficient (Wildman–Crippen LogP) is 5.53. The number of aryl methyl sites for hydroxylation is 2. The van der Waals surface area contributed by atoms with Crippen LogP contribution in [0.3, 0.4) is 0 Å². The number of fused-ring (bicyclic) bond motifs is 3. The Labute approximate surface area is 205 Å². The minimum Gasteiger partial charge on any atom is -0.491 e. The number of hydrogen-bond acceptors (Lipinski definition) is 5. The molecule has 6 heteroatoms. The number of ether oxygens (including phenoxy) is 4. The Hall–Kier alpha value is -3.35. The summed E-state index contributed by atoms with van der Waals surface area (Å²) < 4.78 is 23.3. The quantitative estimate of drug-likeness (QED) is 0.390. The number of hydrogen-bond donors (Lipinski definition) is 1. The van der Waals surface area contributed by atoms with Crippen LogP contribution in [0.4, 0.5) is 0 Å². The molecule has 35 heavy (non-hydrogen) atoms. The summed E-state index contributed by atoms with van der Waals surface area (Å²) >= 11 is 0. The lowest BCUT2D eigenvalue weighted by Gasteiger charge is -2.15. The van der Waals surface area contributed by atoms with Crippen LogP contribution in [0.5, 0.6) is 11.5 Å². The van der Waals surface area contributed by atoms with Gasteiger partial charge < -0.3 is 24.1 Å². The van der Waals surface area contributed by atoms with Crippen molar-refractivity contribution < 1.29 is 28.8 Å². The summed E-state index contributed by atoms with van der Waals surface area (Å²) in [5.41, 5.74) is 7.07. The largest absolute Gasteiger partial charge is 0.491 e. The van der Waals surface area contributed by atoms with E-state index in [4.69, 9.17) is 24.1 Å². The van der Waals surface area contributed by atoms with Gasteiger partial charge in [0.1, 0.15) is 30.3 Å². The van der Waals surface area contributed by atoms with Gasteiger partial charge in [-0.1, -0.05) is 24.3 Å². The van der Waals surface area contributed by atoms with Crippen LogP contribution in [-0.2, 0) is 16.1 Å². The highest BCUT2D eigenvalue weighted by Crippen LogP contribution is 2.55. The van der Waals surface area contributed by atoms with Crippen molar-refractivity contribution in [3.63, 3.8) is 0 Å². The maximum absolute atomic E-state index is 11.2. The number of benzene rings is 3. The molecule has 3 aromatic carbocycles. The molecule has 0 bridgehead atoms. The summed E-state index contributed by atoms with van der Waals surface area (Å²) in [6.45, 7) is 8.50. The van der Waals surface area contributed by atoms with Crippen molar-refractivity contribution in [2.75, 3.05) is 19.8 Å². The molecule has 182 valence electrons. The lowest BCUT2D eigenvalue weighted by atomic mass is 9.94. The fourth-order valence-electron chi connectivity index (χ4n) is 4.98. The first-order valence-electron chi connectivity index (χ1n) is 12.0. The molecule has 5 rings (SSSR count). The lowest BCUT2D eigenvalue weighted by Crippen LogP contribution is -2.08. The van der Waals surface area contributed by atoms with E-state index in [1.807, 2.05) is 13.0 Å². The molecule has 0 spiro atoms. The van der Waals surface area contributed by atoms with Crippen LogP contribution in [0.1, 0.15) is 45.5 Å². The van der Waals surface area contributed by atoms with Gasteiger partial charge in [0.05, 0.1) is 24.7 Å². The fraction of sp³-hybridized carbons (Fsp3) is 0.345. The second-order valence-corrected chi connectivity index (χ2v) is 9.12. The molecule has 3 aromatic rings. The molecule has 1 saturated carbocycles. The van der Waals surface area contributed by atoms with Gasteiger partial charge in [0, 0.05) is 12.2 Å². The van der Waals surface area contributed by atoms with E-state index < -0.39 is 5.97 Å². The minimum absolute atomic E-state index is 0.00146. The Morgan fingerprint density at radius 1 is 1.03 bits per heavy atom. The Morgan fingerprint density at radius 3 is 2.57 bits per heavy atom. The van der Waals surface area contributed by atoms with Gasteiger partial charge in [-0.2, -0.15) is 0 Å². The Morgan fingerprint density at radius 2 is 1.83 bits per heavy atom.